The molecule has 0 saturated carbocycles. The quantitative estimate of drug-likeness (QED) is 0.162. The normalized spacial score (nSPS) is 12.3. The zero-order chi connectivity index (χ0) is 33.2. The maximum Gasteiger partial charge on any atom is 0.0362 e. The van der Waals surface area contributed by atoms with Crippen LogP contribution in [0.15, 0.2) is 170 Å². The van der Waals surface area contributed by atoms with Gasteiger partial charge < -0.3 is 0 Å². The lowest BCUT2D eigenvalue weighted by Crippen LogP contribution is -1.90. The fourth-order valence-electron chi connectivity index (χ4n) is 9.16. The maximum atomic E-state index is 2.45. The third-order valence-corrected chi connectivity index (χ3v) is 12.5. The van der Waals surface area contributed by atoms with E-state index in [0.717, 1.165) is 0 Å². The lowest BCUT2D eigenvalue weighted by molar-refractivity contribution is 1.66. The summed E-state index contributed by atoms with van der Waals surface area (Å²) >= 11 is 1.91. The van der Waals surface area contributed by atoms with E-state index in [1.165, 1.54) is 118 Å². The summed E-state index contributed by atoms with van der Waals surface area (Å²) < 4.78 is 2.69. The molecule has 0 fully saturated rings. The lowest BCUT2D eigenvalue weighted by Gasteiger charge is -2.17. The van der Waals surface area contributed by atoms with Crippen LogP contribution in [0, 0.1) is 0 Å². The second-order valence-electron chi connectivity index (χ2n) is 13.9. The molecule has 11 aromatic carbocycles. The Morgan fingerprint density at radius 2 is 0.784 bits per heavy atom. The molecule has 0 aliphatic rings. The topological polar surface area (TPSA) is 0 Å². The molecular weight excluding hydrogens is 633 g/mol. The van der Waals surface area contributed by atoms with Crippen LogP contribution in [0.2, 0.25) is 0 Å². The number of fused-ring (bicyclic) bond motifs is 12. The van der Waals surface area contributed by atoms with Crippen molar-refractivity contribution in [1.29, 1.82) is 0 Å². The van der Waals surface area contributed by atoms with Crippen LogP contribution in [-0.4, -0.2) is 0 Å². The van der Waals surface area contributed by atoms with Crippen LogP contribution in [-0.2, 0) is 0 Å². The first-order chi connectivity index (χ1) is 25.3. The number of thiophene rings is 1. The summed E-state index contributed by atoms with van der Waals surface area (Å²) in [5.74, 6) is 0. The largest absolute Gasteiger partial charge is 0.135 e. The third-order valence-electron chi connectivity index (χ3n) is 11.4. The molecule has 0 aliphatic carbocycles. The standard InChI is InChI=1S/C50H28S/c1-2-8-29(9-3-1)34-20-14-31-17-24-41-35(21-15-32-16-23-40(34)46(31)47(32)41)33-18-22-38-42-25-27-45-50(48(42)39-13-7-6-12-37(39)43(38)28-33)49-36-11-5-4-10-30(36)19-26-44(49)51-45/h1-28H. The molecule has 0 unspecified atom stereocenters. The molecule has 0 saturated heterocycles. The van der Waals surface area contributed by atoms with Crippen molar-refractivity contribution in [2.45, 2.75) is 0 Å². The minimum absolute atomic E-state index is 1.25. The van der Waals surface area contributed by atoms with E-state index < -0.39 is 0 Å². The van der Waals surface area contributed by atoms with E-state index in [4.69, 9.17) is 0 Å². The van der Waals surface area contributed by atoms with Crippen molar-refractivity contribution in [3.8, 4) is 22.3 Å². The number of hydrogen-bond donors (Lipinski definition) is 0. The van der Waals surface area contributed by atoms with Crippen LogP contribution in [0.5, 0.6) is 0 Å². The zero-order valence-corrected chi connectivity index (χ0v) is 28.4. The molecule has 0 nitrogen and oxygen atoms in total. The molecule has 51 heavy (non-hydrogen) atoms. The first-order valence-corrected chi connectivity index (χ1v) is 18.5. The van der Waals surface area contributed by atoms with Crippen molar-refractivity contribution in [3.63, 3.8) is 0 Å². The van der Waals surface area contributed by atoms with Crippen molar-refractivity contribution in [2.75, 3.05) is 0 Å². The molecule has 0 atom stereocenters. The first-order valence-electron chi connectivity index (χ1n) is 17.7. The van der Waals surface area contributed by atoms with E-state index in [0.29, 0.717) is 0 Å². The summed E-state index contributed by atoms with van der Waals surface area (Å²) in [6, 6.07) is 63.6. The monoisotopic (exact) mass is 660 g/mol. The van der Waals surface area contributed by atoms with E-state index in [9.17, 15) is 0 Å². The third kappa shape index (κ3) is 3.74. The van der Waals surface area contributed by atoms with Crippen molar-refractivity contribution < 1.29 is 0 Å². The first kappa shape index (κ1) is 27.5. The summed E-state index contributed by atoms with van der Waals surface area (Å²) in [6.07, 6.45) is 0. The van der Waals surface area contributed by atoms with Gasteiger partial charge in [-0.3, -0.25) is 0 Å². The molecule has 234 valence electrons. The summed E-state index contributed by atoms with van der Waals surface area (Å²) in [5, 5.41) is 21.2. The van der Waals surface area contributed by atoms with E-state index in [2.05, 4.69) is 170 Å². The van der Waals surface area contributed by atoms with Crippen LogP contribution in [0.4, 0.5) is 0 Å². The van der Waals surface area contributed by atoms with Gasteiger partial charge >= 0.3 is 0 Å². The Hall–Kier alpha value is -6.28. The lowest BCUT2D eigenvalue weighted by atomic mass is 9.86. The highest BCUT2D eigenvalue weighted by atomic mass is 32.1. The molecule has 0 aliphatic heterocycles. The number of hydrogen-bond acceptors (Lipinski definition) is 1. The van der Waals surface area contributed by atoms with Gasteiger partial charge in [0.05, 0.1) is 0 Å². The summed E-state index contributed by atoms with van der Waals surface area (Å²) in [5.41, 5.74) is 5.07. The molecule has 0 radical (unpaired) electrons. The van der Waals surface area contributed by atoms with Crippen molar-refractivity contribution >= 4 is 107 Å². The van der Waals surface area contributed by atoms with Gasteiger partial charge in [-0.15, -0.1) is 11.3 Å². The predicted octanol–water partition coefficient (Wildman–Crippen LogP) is 14.9. The molecule has 0 bridgehead atoms. The van der Waals surface area contributed by atoms with Gasteiger partial charge in [0.1, 0.15) is 0 Å². The van der Waals surface area contributed by atoms with Gasteiger partial charge in [0.2, 0.25) is 0 Å². The zero-order valence-electron chi connectivity index (χ0n) is 27.6. The van der Waals surface area contributed by atoms with Crippen LogP contribution in [0.25, 0.3) is 118 Å². The maximum absolute atomic E-state index is 2.45. The highest BCUT2D eigenvalue weighted by Gasteiger charge is 2.19. The average Bonchev–Trinajstić information content (AvgIpc) is 3.59. The molecule has 1 heterocycles. The summed E-state index contributed by atoms with van der Waals surface area (Å²) in [7, 11) is 0. The molecule has 1 heteroatoms. The Morgan fingerprint density at radius 3 is 1.57 bits per heavy atom. The summed E-state index contributed by atoms with van der Waals surface area (Å²) in [4.78, 5) is 0. The van der Waals surface area contributed by atoms with Crippen molar-refractivity contribution in [2.24, 2.45) is 0 Å². The minimum Gasteiger partial charge on any atom is -0.135 e. The smallest absolute Gasteiger partial charge is 0.0362 e. The van der Waals surface area contributed by atoms with E-state index >= 15 is 0 Å². The highest BCUT2D eigenvalue weighted by Crippen LogP contribution is 2.48. The Labute approximate surface area is 297 Å². The van der Waals surface area contributed by atoms with Gasteiger partial charge in [0.25, 0.3) is 0 Å². The number of benzene rings is 11. The summed E-state index contributed by atoms with van der Waals surface area (Å²) in [6.45, 7) is 0. The van der Waals surface area contributed by atoms with E-state index in [-0.39, 0.29) is 0 Å². The Kier molecular flexibility index (Phi) is 5.47. The van der Waals surface area contributed by atoms with Gasteiger partial charge in [0, 0.05) is 20.2 Å². The Balaban J connectivity index is 1.15. The van der Waals surface area contributed by atoms with E-state index in [1.807, 2.05) is 11.3 Å². The van der Waals surface area contributed by atoms with Gasteiger partial charge in [-0.25, -0.2) is 0 Å². The second kappa shape index (κ2) is 10.1. The highest BCUT2D eigenvalue weighted by molar-refractivity contribution is 7.26. The molecular formula is C50H28S. The molecule has 0 N–H and O–H groups in total. The van der Waals surface area contributed by atoms with Crippen LogP contribution < -0.4 is 0 Å². The van der Waals surface area contributed by atoms with Crippen LogP contribution in [0.3, 0.4) is 0 Å². The van der Waals surface area contributed by atoms with Gasteiger partial charge in [-0.1, -0.05) is 152 Å². The van der Waals surface area contributed by atoms with Crippen LogP contribution in [0.1, 0.15) is 0 Å². The fraction of sp³-hybridized carbons (Fsp3) is 0. The molecule has 0 spiro atoms. The van der Waals surface area contributed by atoms with Crippen LogP contribution >= 0.6 is 11.3 Å². The molecule has 12 rings (SSSR count). The predicted molar refractivity (Wildman–Crippen MR) is 224 cm³/mol. The molecule has 0 amide bonds. The van der Waals surface area contributed by atoms with E-state index in [1.54, 1.807) is 0 Å². The van der Waals surface area contributed by atoms with Gasteiger partial charge in [-0.05, 0) is 116 Å². The van der Waals surface area contributed by atoms with Crippen molar-refractivity contribution in [3.05, 3.63) is 170 Å². The molecule has 12 aromatic rings. The second-order valence-corrected chi connectivity index (χ2v) is 15.0. The Morgan fingerprint density at radius 1 is 0.255 bits per heavy atom. The number of rotatable bonds is 2. The SMILES string of the molecule is c1ccc(-c2ccc3ccc4c(-c5ccc6c(c5)c5ccccc5c5c6ccc6sc7ccc8ccccc8c7c65)ccc5ccc2c3c54)cc1. The van der Waals surface area contributed by atoms with Gasteiger partial charge in [0.15, 0.2) is 0 Å². The molecule has 1 aromatic heterocycles. The Bertz CT molecular complexity index is 3380. The average molecular weight is 661 g/mol. The van der Waals surface area contributed by atoms with Gasteiger partial charge in [-0.2, -0.15) is 0 Å². The van der Waals surface area contributed by atoms with Crippen molar-refractivity contribution in [1.82, 2.24) is 0 Å². The minimum atomic E-state index is 1.25. The fourth-order valence-corrected chi connectivity index (χ4v) is 10.3.